The highest BCUT2D eigenvalue weighted by atomic mass is 35.5. The number of hydrogen-bond donors (Lipinski definition) is 1. The Morgan fingerprint density at radius 3 is 2.89 bits per heavy atom. The van der Waals surface area contributed by atoms with Gasteiger partial charge in [0, 0.05) is 5.92 Å². The number of fused-ring (bicyclic) bond motifs is 1. The lowest BCUT2D eigenvalue weighted by Crippen LogP contribution is -1.99. The third kappa shape index (κ3) is 1.53. The van der Waals surface area contributed by atoms with E-state index >= 15 is 0 Å². The molecule has 90 valence electrons. The Morgan fingerprint density at radius 1 is 1.28 bits per heavy atom. The van der Waals surface area contributed by atoms with Crippen molar-refractivity contribution in [3.8, 4) is 5.95 Å². The van der Waals surface area contributed by atoms with E-state index < -0.39 is 0 Å². The molecule has 5 heteroatoms. The molecule has 0 bridgehead atoms. The average Bonchev–Trinajstić information content (AvgIpc) is 3.01. The smallest absolute Gasteiger partial charge is 0.230 e. The molecule has 2 heterocycles. The predicted molar refractivity (Wildman–Crippen MR) is 70.2 cm³/mol. The van der Waals surface area contributed by atoms with Gasteiger partial charge < -0.3 is 4.98 Å². The third-order valence-electron chi connectivity index (χ3n) is 3.26. The highest BCUT2D eigenvalue weighted by Gasteiger charge is 2.27. The summed E-state index contributed by atoms with van der Waals surface area (Å²) < 4.78 is 1.68. The quantitative estimate of drug-likeness (QED) is 0.767. The fourth-order valence-electron chi connectivity index (χ4n) is 2.14. The second-order valence-corrected chi connectivity index (χ2v) is 5.04. The van der Waals surface area contributed by atoms with Gasteiger partial charge in [-0.1, -0.05) is 23.7 Å². The van der Waals surface area contributed by atoms with Crippen molar-refractivity contribution in [1.82, 2.24) is 19.7 Å². The standard InChI is InChI=1S/C13H11ClN4/c14-12-7-11(8-5-6-8)17-18(12)13-15-9-3-1-2-4-10(9)16-13/h1-4,7-8H,5-6H2,(H,15,16). The molecule has 0 saturated heterocycles. The zero-order chi connectivity index (χ0) is 12.1. The molecule has 0 spiro atoms. The molecule has 2 aromatic heterocycles. The van der Waals surface area contributed by atoms with Crippen LogP contribution >= 0.6 is 11.6 Å². The lowest BCUT2D eigenvalue weighted by molar-refractivity contribution is 0.799. The number of aromatic nitrogens is 4. The predicted octanol–water partition coefficient (Wildman–Crippen LogP) is 3.28. The number of imidazole rings is 1. The summed E-state index contributed by atoms with van der Waals surface area (Å²) in [6.45, 7) is 0. The van der Waals surface area contributed by atoms with Gasteiger partial charge in [0.25, 0.3) is 0 Å². The van der Waals surface area contributed by atoms with E-state index in [0.717, 1.165) is 16.7 Å². The van der Waals surface area contributed by atoms with E-state index in [4.69, 9.17) is 11.6 Å². The van der Waals surface area contributed by atoms with Crippen molar-refractivity contribution < 1.29 is 0 Å². The Bertz CT molecular complexity index is 691. The van der Waals surface area contributed by atoms with Crippen LogP contribution in [0.2, 0.25) is 5.15 Å². The van der Waals surface area contributed by atoms with Crippen LogP contribution in [-0.2, 0) is 0 Å². The van der Waals surface area contributed by atoms with Gasteiger partial charge in [0.15, 0.2) is 0 Å². The maximum Gasteiger partial charge on any atom is 0.230 e. The fraction of sp³-hybridized carbons (Fsp3) is 0.231. The molecule has 18 heavy (non-hydrogen) atoms. The van der Waals surface area contributed by atoms with Gasteiger partial charge in [0.1, 0.15) is 5.15 Å². The van der Waals surface area contributed by atoms with Crippen molar-refractivity contribution in [2.24, 2.45) is 0 Å². The van der Waals surface area contributed by atoms with Crippen molar-refractivity contribution in [3.05, 3.63) is 41.2 Å². The minimum Gasteiger partial charge on any atom is -0.322 e. The summed E-state index contributed by atoms with van der Waals surface area (Å²) in [5, 5.41) is 5.14. The van der Waals surface area contributed by atoms with Gasteiger partial charge in [0.05, 0.1) is 16.7 Å². The maximum absolute atomic E-state index is 6.22. The third-order valence-corrected chi connectivity index (χ3v) is 3.53. The number of benzene rings is 1. The van der Waals surface area contributed by atoms with Crippen molar-refractivity contribution in [2.75, 3.05) is 0 Å². The summed E-state index contributed by atoms with van der Waals surface area (Å²) in [6, 6.07) is 9.84. The lowest BCUT2D eigenvalue weighted by atomic mass is 10.3. The summed E-state index contributed by atoms with van der Waals surface area (Å²) in [5.74, 6) is 1.27. The first kappa shape index (κ1) is 10.1. The summed E-state index contributed by atoms with van der Waals surface area (Å²) in [6.07, 6.45) is 2.43. The van der Waals surface area contributed by atoms with Crippen LogP contribution in [0.25, 0.3) is 17.0 Å². The van der Waals surface area contributed by atoms with Crippen LogP contribution in [0.3, 0.4) is 0 Å². The zero-order valence-electron chi connectivity index (χ0n) is 9.60. The second-order valence-electron chi connectivity index (χ2n) is 4.66. The minimum atomic E-state index is 0.591. The Balaban J connectivity index is 1.85. The molecule has 1 aliphatic rings. The maximum atomic E-state index is 6.22. The lowest BCUT2D eigenvalue weighted by Gasteiger charge is -1.96. The van der Waals surface area contributed by atoms with Gasteiger partial charge in [-0.15, -0.1) is 0 Å². The number of nitrogens with one attached hydrogen (secondary N) is 1. The number of para-hydroxylation sites is 2. The highest BCUT2D eigenvalue weighted by Crippen LogP contribution is 2.40. The first-order chi connectivity index (χ1) is 8.81. The molecule has 1 aliphatic carbocycles. The number of aromatic amines is 1. The summed E-state index contributed by atoms with van der Waals surface area (Å²) in [4.78, 5) is 7.73. The van der Waals surface area contributed by atoms with Gasteiger partial charge in [0.2, 0.25) is 5.95 Å². The number of rotatable bonds is 2. The molecule has 0 unspecified atom stereocenters. The topological polar surface area (TPSA) is 46.5 Å². The molecule has 1 N–H and O–H groups in total. The van der Waals surface area contributed by atoms with E-state index in [1.807, 2.05) is 30.3 Å². The SMILES string of the molecule is Clc1cc(C2CC2)nn1-c1nc2ccccc2[nH]1. The number of halogens is 1. The van der Waals surface area contributed by atoms with E-state index in [0.29, 0.717) is 17.0 Å². The van der Waals surface area contributed by atoms with E-state index in [2.05, 4.69) is 15.1 Å². The Morgan fingerprint density at radius 2 is 2.11 bits per heavy atom. The van der Waals surface area contributed by atoms with Crippen LogP contribution in [0.1, 0.15) is 24.5 Å². The van der Waals surface area contributed by atoms with Gasteiger partial charge in [-0.2, -0.15) is 9.78 Å². The molecule has 4 rings (SSSR count). The van der Waals surface area contributed by atoms with Crippen molar-refractivity contribution in [3.63, 3.8) is 0 Å². The molecule has 0 radical (unpaired) electrons. The van der Waals surface area contributed by atoms with E-state index in [1.54, 1.807) is 4.68 Å². The normalized spacial score (nSPS) is 15.4. The molecule has 3 aromatic rings. The van der Waals surface area contributed by atoms with Crippen molar-refractivity contribution in [2.45, 2.75) is 18.8 Å². The molecule has 1 aromatic carbocycles. The summed E-state index contributed by atoms with van der Waals surface area (Å²) in [7, 11) is 0. The van der Waals surface area contributed by atoms with Crippen LogP contribution in [-0.4, -0.2) is 19.7 Å². The fourth-order valence-corrected chi connectivity index (χ4v) is 2.37. The van der Waals surface area contributed by atoms with Crippen LogP contribution in [0.5, 0.6) is 0 Å². The monoisotopic (exact) mass is 258 g/mol. The Kier molecular flexibility index (Phi) is 2.02. The number of hydrogen-bond acceptors (Lipinski definition) is 2. The van der Waals surface area contributed by atoms with Crippen LogP contribution in [0.4, 0.5) is 0 Å². The first-order valence-corrected chi connectivity index (χ1v) is 6.39. The molecule has 0 aliphatic heterocycles. The van der Waals surface area contributed by atoms with Crippen LogP contribution < -0.4 is 0 Å². The Hall–Kier alpha value is -1.81. The molecule has 1 saturated carbocycles. The summed E-state index contributed by atoms with van der Waals surface area (Å²) in [5.41, 5.74) is 2.99. The number of nitrogens with zero attached hydrogens (tertiary/aromatic N) is 3. The molecule has 0 amide bonds. The molecule has 1 fully saturated rings. The van der Waals surface area contributed by atoms with E-state index in [1.165, 1.54) is 12.8 Å². The minimum absolute atomic E-state index is 0.591. The zero-order valence-corrected chi connectivity index (χ0v) is 10.4. The molecular weight excluding hydrogens is 248 g/mol. The highest BCUT2D eigenvalue weighted by molar-refractivity contribution is 6.29. The largest absolute Gasteiger partial charge is 0.322 e. The van der Waals surface area contributed by atoms with Gasteiger partial charge in [-0.05, 0) is 31.0 Å². The van der Waals surface area contributed by atoms with Crippen LogP contribution in [0, 0.1) is 0 Å². The summed E-state index contributed by atoms with van der Waals surface area (Å²) >= 11 is 6.22. The van der Waals surface area contributed by atoms with E-state index in [9.17, 15) is 0 Å². The Labute approximate surface area is 109 Å². The van der Waals surface area contributed by atoms with Gasteiger partial charge >= 0.3 is 0 Å². The molecular formula is C13H11ClN4. The molecule has 4 nitrogen and oxygen atoms in total. The van der Waals surface area contributed by atoms with Crippen molar-refractivity contribution in [1.29, 1.82) is 0 Å². The average molecular weight is 259 g/mol. The van der Waals surface area contributed by atoms with Gasteiger partial charge in [-0.25, -0.2) is 4.98 Å². The van der Waals surface area contributed by atoms with E-state index in [-0.39, 0.29) is 0 Å². The second kappa shape index (κ2) is 3.59. The van der Waals surface area contributed by atoms with Crippen LogP contribution in [0.15, 0.2) is 30.3 Å². The first-order valence-electron chi connectivity index (χ1n) is 6.02. The molecule has 0 atom stereocenters. The van der Waals surface area contributed by atoms with Crippen molar-refractivity contribution >= 4 is 22.6 Å². The van der Waals surface area contributed by atoms with Gasteiger partial charge in [-0.3, -0.25) is 0 Å². The number of H-pyrrole nitrogens is 1.